The van der Waals surface area contributed by atoms with Crippen LogP contribution in [0.15, 0.2) is 70.6 Å². The topological polar surface area (TPSA) is 65.5 Å². The zero-order chi connectivity index (χ0) is 18.5. The van der Waals surface area contributed by atoms with E-state index in [2.05, 4.69) is 33.1 Å². The van der Waals surface area contributed by atoms with E-state index in [1.165, 1.54) is 4.90 Å². The fourth-order valence-electron chi connectivity index (χ4n) is 2.23. The van der Waals surface area contributed by atoms with Gasteiger partial charge in [0, 0.05) is 35.8 Å². The first kappa shape index (κ1) is 19.8. The van der Waals surface area contributed by atoms with E-state index in [-0.39, 0.29) is 5.91 Å². The summed E-state index contributed by atoms with van der Waals surface area (Å²) >= 11 is 1.81. The van der Waals surface area contributed by atoms with Gasteiger partial charge in [0.1, 0.15) is 0 Å². The average molecular weight is 371 g/mol. The second kappa shape index (κ2) is 12.0. The molecule has 2 rings (SSSR count). The lowest BCUT2D eigenvalue weighted by atomic mass is 10.2. The van der Waals surface area contributed by atoms with Crippen molar-refractivity contribution in [2.24, 2.45) is 4.99 Å². The number of hydrogen-bond donors (Lipinski definition) is 3. The zero-order valence-corrected chi connectivity index (χ0v) is 15.9. The van der Waals surface area contributed by atoms with Crippen molar-refractivity contribution in [3.05, 3.63) is 66.2 Å². The molecule has 2 aromatic carbocycles. The van der Waals surface area contributed by atoms with Crippen molar-refractivity contribution in [2.75, 3.05) is 31.9 Å². The van der Waals surface area contributed by atoms with E-state index in [1.807, 2.05) is 55.1 Å². The third-order valence-corrected chi connectivity index (χ3v) is 4.47. The van der Waals surface area contributed by atoms with Crippen molar-refractivity contribution < 1.29 is 4.79 Å². The Labute approximate surface area is 159 Å². The van der Waals surface area contributed by atoms with Gasteiger partial charge < -0.3 is 16.0 Å². The van der Waals surface area contributed by atoms with Crippen molar-refractivity contribution in [2.45, 2.75) is 11.8 Å². The van der Waals surface area contributed by atoms with Gasteiger partial charge in [0.05, 0.1) is 6.54 Å². The molecule has 0 aliphatic carbocycles. The van der Waals surface area contributed by atoms with Gasteiger partial charge in [-0.15, -0.1) is 11.8 Å². The van der Waals surface area contributed by atoms with E-state index in [0.29, 0.717) is 18.7 Å². The normalized spacial score (nSPS) is 11.0. The number of amides is 1. The van der Waals surface area contributed by atoms with Gasteiger partial charge in [-0.05, 0) is 31.2 Å². The third-order valence-electron chi connectivity index (χ3n) is 3.45. The van der Waals surface area contributed by atoms with Crippen LogP contribution in [-0.2, 0) is 0 Å². The van der Waals surface area contributed by atoms with Gasteiger partial charge in [-0.3, -0.25) is 9.79 Å². The number of nitrogens with one attached hydrogen (secondary N) is 3. The lowest BCUT2D eigenvalue weighted by Crippen LogP contribution is -2.39. The summed E-state index contributed by atoms with van der Waals surface area (Å²) in [4.78, 5) is 17.7. The minimum absolute atomic E-state index is 0.0713. The summed E-state index contributed by atoms with van der Waals surface area (Å²) in [7, 11) is 0. The summed E-state index contributed by atoms with van der Waals surface area (Å²) in [5, 5.41) is 9.41. The Morgan fingerprint density at radius 1 is 0.923 bits per heavy atom. The summed E-state index contributed by atoms with van der Waals surface area (Å²) < 4.78 is 0. The molecule has 0 fully saturated rings. The van der Waals surface area contributed by atoms with Crippen molar-refractivity contribution in [3.8, 4) is 0 Å². The van der Waals surface area contributed by atoms with Crippen LogP contribution in [-0.4, -0.2) is 43.8 Å². The van der Waals surface area contributed by atoms with Crippen LogP contribution in [0.3, 0.4) is 0 Å². The lowest BCUT2D eigenvalue weighted by Gasteiger charge is -2.11. The summed E-state index contributed by atoms with van der Waals surface area (Å²) in [5.41, 5.74) is 0.666. The number of thioether (sulfide) groups is 1. The minimum Gasteiger partial charge on any atom is -0.357 e. The molecule has 0 bridgehead atoms. The smallest absolute Gasteiger partial charge is 0.251 e. The molecule has 6 heteroatoms. The monoisotopic (exact) mass is 370 g/mol. The van der Waals surface area contributed by atoms with Gasteiger partial charge in [-0.1, -0.05) is 36.4 Å². The fourth-order valence-corrected chi connectivity index (χ4v) is 3.01. The summed E-state index contributed by atoms with van der Waals surface area (Å²) in [5.74, 6) is 1.66. The molecule has 0 spiro atoms. The highest BCUT2D eigenvalue weighted by molar-refractivity contribution is 7.99. The number of nitrogens with zero attached hydrogens (tertiary/aromatic N) is 1. The quantitative estimate of drug-likeness (QED) is 0.275. The highest BCUT2D eigenvalue weighted by Crippen LogP contribution is 2.15. The van der Waals surface area contributed by atoms with Crippen molar-refractivity contribution >= 4 is 23.6 Å². The van der Waals surface area contributed by atoms with Crippen LogP contribution in [0.5, 0.6) is 0 Å². The van der Waals surface area contributed by atoms with Crippen LogP contribution in [0.4, 0.5) is 0 Å². The number of carbonyl (C=O) groups is 1. The Bertz CT molecular complexity index is 677. The molecule has 0 saturated carbocycles. The predicted molar refractivity (Wildman–Crippen MR) is 110 cm³/mol. The van der Waals surface area contributed by atoms with E-state index in [0.717, 1.165) is 24.8 Å². The molecule has 0 aliphatic rings. The largest absolute Gasteiger partial charge is 0.357 e. The highest BCUT2D eigenvalue weighted by Gasteiger charge is 2.03. The molecule has 3 N–H and O–H groups in total. The van der Waals surface area contributed by atoms with Crippen LogP contribution in [0.25, 0.3) is 0 Å². The molecule has 26 heavy (non-hydrogen) atoms. The zero-order valence-electron chi connectivity index (χ0n) is 15.1. The van der Waals surface area contributed by atoms with Gasteiger partial charge >= 0.3 is 0 Å². The molecule has 1 amide bonds. The average Bonchev–Trinajstić information content (AvgIpc) is 2.69. The first-order chi connectivity index (χ1) is 12.8. The van der Waals surface area contributed by atoms with E-state index in [1.54, 1.807) is 12.1 Å². The summed E-state index contributed by atoms with van der Waals surface area (Å²) in [6, 6.07) is 19.5. The third kappa shape index (κ3) is 7.61. The first-order valence-corrected chi connectivity index (χ1v) is 9.81. The molecule has 138 valence electrons. The van der Waals surface area contributed by atoms with E-state index >= 15 is 0 Å². The Morgan fingerprint density at radius 3 is 2.31 bits per heavy atom. The van der Waals surface area contributed by atoms with E-state index < -0.39 is 0 Å². The lowest BCUT2D eigenvalue weighted by molar-refractivity contribution is 0.0955. The molecule has 0 saturated heterocycles. The molecule has 2 aromatic rings. The van der Waals surface area contributed by atoms with Gasteiger partial charge in [-0.2, -0.15) is 0 Å². The number of carbonyl (C=O) groups excluding carboxylic acids is 1. The Hall–Kier alpha value is -2.47. The number of hydrogen-bond acceptors (Lipinski definition) is 3. The van der Waals surface area contributed by atoms with Crippen molar-refractivity contribution in [1.82, 2.24) is 16.0 Å². The molecular weight excluding hydrogens is 344 g/mol. The highest BCUT2D eigenvalue weighted by atomic mass is 32.2. The molecule has 5 nitrogen and oxygen atoms in total. The fraction of sp³-hybridized carbons (Fsp3) is 0.300. The Morgan fingerprint density at radius 2 is 1.62 bits per heavy atom. The van der Waals surface area contributed by atoms with Crippen LogP contribution >= 0.6 is 11.8 Å². The number of benzene rings is 2. The van der Waals surface area contributed by atoms with Crippen LogP contribution in [0.2, 0.25) is 0 Å². The summed E-state index contributed by atoms with van der Waals surface area (Å²) in [6.07, 6.45) is 0. The second-order valence-corrected chi connectivity index (χ2v) is 6.64. The standard InChI is InChI=1S/C20H26N4OS/c1-2-21-20(24-15-16-26-18-11-7-4-8-12-18)23-14-13-22-19(25)17-9-5-3-6-10-17/h3-12H,2,13-16H2,1H3,(H,22,25)(H2,21,23,24). The van der Waals surface area contributed by atoms with Gasteiger partial charge in [-0.25, -0.2) is 0 Å². The molecular formula is C20H26N4OS. The van der Waals surface area contributed by atoms with Gasteiger partial charge in [0.15, 0.2) is 5.96 Å². The van der Waals surface area contributed by atoms with E-state index in [4.69, 9.17) is 0 Å². The van der Waals surface area contributed by atoms with Gasteiger partial charge in [0.25, 0.3) is 5.91 Å². The Balaban J connectivity index is 1.68. The van der Waals surface area contributed by atoms with Crippen LogP contribution in [0, 0.1) is 0 Å². The number of guanidine groups is 1. The SMILES string of the molecule is CCNC(=NCCNC(=O)c1ccccc1)NCCSc1ccccc1. The second-order valence-electron chi connectivity index (χ2n) is 5.47. The molecule has 0 aliphatic heterocycles. The predicted octanol–water partition coefficient (Wildman–Crippen LogP) is 2.76. The number of rotatable bonds is 9. The maximum Gasteiger partial charge on any atom is 0.251 e. The summed E-state index contributed by atoms with van der Waals surface area (Å²) in [6.45, 7) is 4.69. The van der Waals surface area contributed by atoms with Crippen LogP contribution < -0.4 is 16.0 Å². The molecule has 0 atom stereocenters. The maximum absolute atomic E-state index is 12.0. The molecule has 0 heterocycles. The minimum atomic E-state index is -0.0713. The van der Waals surface area contributed by atoms with E-state index in [9.17, 15) is 4.79 Å². The molecule has 0 aromatic heterocycles. The van der Waals surface area contributed by atoms with Crippen molar-refractivity contribution in [3.63, 3.8) is 0 Å². The van der Waals surface area contributed by atoms with Crippen LogP contribution in [0.1, 0.15) is 17.3 Å². The first-order valence-electron chi connectivity index (χ1n) is 8.83. The Kier molecular flexibility index (Phi) is 9.14. The molecule has 0 unspecified atom stereocenters. The maximum atomic E-state index is 12.0. The van der Waals surface area contributed by atoms with Gasteiger partial charge in [0.2, 0.25) is 0 Å². The number of aliphatic imine (C=N–C) groups is 1. The molecule has 0 radical (unpaired) electrons. The van der Waals surface area contributed by atoms with Crippen molar-refractivity contribution in [1.29, 1.82) is 0 Å².